The highest BCUT2D eigenvalue weighted by atomic mass is 16.2. The van der Waals surface area contributed by atoms with Gasteiger partial charge >= 0.3 is 5.69 Å². The number of H-pyrrole nitrogens is 1. The molecule has 112 valence electrons. The van der Waals surface area contributed by atoms with Crippen molar-refractivity contribution in [3.8, 4) is 0 Å². The fourth-order valence-corrected chi connectivity index (χ4v) is 1.87. The summed E-state index contributed by atoms with van der Waals surface area (Å²) in [6, 6.07) is 1.26. The fraction of sp³-hybridized carbons (Fsp3) is 0.385. The zero-order valence-corrected chi connectivity index (χ0v) is 11.7. The van der Waals surface area contributed by atoms with Crippen LogP contribution in [0.4, 0.5) is 0 Å². The molecule has 0 aliphatic carbocycles. The van der Waals surface area contributed by atoms with Gasteiger partial charge in [0.2, 0.25) is 5.91 Å². The number of hydrogen-bond donors (Lipinski definition) is 2. The minimum absolute atomic E-state index is 0.103. The molecule has 2 aromatic heterocycles. The van der Waals surface area contributed by atoms with Crippen molar-refractivity contribution >= 4 is 5.91 Å². The van der Waals surface area contributed by atoms with Gasteiger partial charge in [-0.1, -0.05) is 0 Å². The summed E-state index contributed by atoms with van der Waals surface area (Å²) >= 11 is 0. The summed E-state index contributed by atoms with van der Waals surface area (Å²) in [7, 11) is 1.38. The standard InChI is InChI=1S/C13H17N5O3/c1-17-12(20)4-8-18(13(17)21)9-11(19)16-5-2-3-10-14-6-7-15-10/h4,6-8H,2-3,5,9H2,1H3,(H,14,15)(H,16,19). The number of aryl methyl sites for hydroxylation is 1. The van der Waals surface area contributed by atoms with Gasteiger partial charge in [-0.2, -0.15) is 0 Å². The molecule has 2 rings (SSSR count). The van der Waals surface area contributed by atoms with Crippen LogP contribution >= 0.6 is 0 Å². The van der Waals surface area contributed by atoms with Gasteiger partial charge in [0.05, 0.1) is 0 Å². The van der Waals surface area contributed by atoms with Crippen molar-refractivity contribution in [2.24, 2.45) is 7.05 Å². The van der Waals surface area contributed by atoms with Gasteiger partial charge < -0.3 is 10.3 Å². The van der Waals surface area contributed by atoms with Crippen LogP contribution in [0.15, 0.2) is 34.2 Å². The third-order valence-corrected chi connectivity index (χ3v) is 3.04. The van der Waals surface area contributed by atoms with Crippen LogP contribution in [0.1, 0.15) is 12.2 Å². The number of rotatable bonds is 6. The molecule has 8 heteroatoms. The Morgan fingerprint density at radius 1 is 1.43 bits per heavy atom. The van der Waals surface area contributed by atoms with Crippen molar-refractivity contribution in [3.05, 3.63) is 51.3 Å². The van der Waals surface area contributed by atoms with E-state index in [1.807, 2.05) is 0 Å². The van der Waals surface area contributed by atoms with Crippen molar-refractivity contribution in [1.82, 2.24) is 24.4 Å². The van der Waals surface area contributed by atoms with Crippen LogP contribution in [0, 0.1) is 0 Å². The first-order chi connectivity index (χ1) is 10.1. The van der Waals surface area contributed by atoms with Crippen molar-refractivity contribution < 1.29 is 4.79 Å². The quantitative estimate of drug-likeness (QED) is 0.668. The highest BCUT2D eigenvalue weighted by Crippen LogP contribution is 1.93. The molecular weight excluding hydrogens is 274 g/mol. The Kier molecular flexibility index (Phi) is 4.70. The Morgan fingerprint density at radius 3 is 2.95 bits per heavy atom. The van der Waals surface area contributed by atoms with Crippen LogP contribution in [0.5, 0.6) is 0 Å². The number of nitrogens with zero attached hydrogens (tertiary/aromatic N) is 3. The molecule has 0 aliphatic rings. The first-order valence-corrected chi connectivity index (χ1v) is 6.59. The van der Waals surface area contributed by atoms with Gasteiger partial charge in [-0.05, 0) is 6.42 Å². The lowest BCUT2D eigenvalue weighted by Gasteiger charge is -2.07. The topological polar surface area (TPSA) is 102 Å². The summed E-state index contributed by atoms with van der Waals surface area (Å²) in [6.45, 7) is 0.397. The second kappa shape index (κ2) is 6.69. The third kappa shape index (κ3) is 3.91. The van der Waals surface area contributed by atoms with Crippen molar-refractivity contribution in [3.63, 3.8) is 0 Å². The number of aromatic nitrogens is 4. The number of amides is 1. The number of imidazole rings is 1. The molecule has 21 heavy (non-hydrogen) atoms. The van der Waals surface area contributed by atoms with Gasteiger partial charge in [0.15, 0.2) is 0 Å². The van der Waals surface area contributed by atoms with Gasteiger partial charge in [-0.15, -0.1) is 0 Å². The number of carbonyl (C=O) groups is 1. The number of nitrogens with one attached hydrogen (secondary N) is 2. The maximum atomic E-state index is 11.7. The van der Waals surface area contributed by atoms with Crippen LogP contribution < -0.4 is 16.6 Å². The largest absolute Gasteiger partial charge is 0.355 e. The molecule has 0 aromatic carbocycles. The zero-order chi connectivity index (χ0) is 15.2. The van der Waals surface area contributed by atoms with E-state index in [0.29, 0.717) is 6.54 Å². The van der Waals surface area contributed by atoms with Crippen LogP contribution in [-0.4, -0.2) is 31.6 Å². The summed E-state index contributed by atoms with van der Waals surface area (Å²) in [4.78, 5) is 41.8. The molecule has 2 heterocycles. The van der Waals surface area contributed by atoms with E-state index in [-0.39, 0.29) is 12.5 Å². The van der Waals surface area contributed by atoms with Crippen molar-refractivity contribution in [2.75, 3.05) is 6.54 Å². The smallest absolute Gasteiger partial charge is 0.331 e. The second-order valence-corrected chi connectivity index (χ2v) is 4.61. The van der Waals surface area contributed by atoms with E-state index in [1.54, 1.807) is 12.4 Å². The Morgan fingerprint density at radius 2 is 2.24 bits per heavy atom. The summed E-state index contributed by atoms with van der Waals surface area (Å²) in [6.07, 6.45) is 6.25. The fourth-order valence-electron chi connectivity index (χ4n) is 1.87. The number of carbonyl (C=O) groups excluding carboxylic acids is 1. The van der Waals surface area contributed by atoms with Crippen molar-refractivity contribution in [2.45, 2.75) is 19.4 Å². The maximum absolute atomic E-state index is 11.7. The molecular formula is C13H17N5O3. The average molecular weight is 291 g/mol. The SMILES string of the molecule is Cn1c(=O)ccn(CC(=O)NCCCc2ncc[nH]2)c1=O. The van der Waals surface area contributed by atoms with E-state index in [0.717, 1.165) is 23.2 Å². The Bertz CT molecular complexity index is 714. The van der Waals surface area contributed by atoms with E-state index < -0.39 is 11.2 Å². The molecule has 0 radical (unpaired) electrons. The van der Waals surface area contributed by atoms with Gasteiger partial charge in [0.25, 0.3) is 5.56 Å². The Labute approximate surface area is 120 Å². The monoisotopic (exact) mass is 291 g/mol. The highest BCUT2D eigenvalue weighted by molar-refractivity contribution is 5.75. The second-order valence-electron chi connectivity index (χ2n) is 4.61. The molecule has 0 saturated heterocycles. The molecule has 0 saturated carbocycles. The molecule has 0 aliphatic heterocycles. The summed E-state index contributed by atoms with van der Waals surface area (Å²) in [5.41, 5.74) is -0.900. The molecule has 2 N–H and O–H groups in total. The lowest BCUT2D eigenvalue weighted by Crippen LogP contribution is -2.40. The maximum Gasteiger partial charge on any atom is 0.331 e. The molecule has 2 aromatic rings. The normalized spacial score (nSPS) is 10.5. The minimum atomic E-state index is -0.506. The third-order valence-electron chi connectivity index (χ3n) is 3.04. The lowest BCUT2D eigenvalue weighted by molar-refractivity contribution is -0.121. The Hall–Kier alpha value is -2.64. The predicted molar refractivity (Wildman–Crippen MR) is 75.9 cm³/mol. The van der Waals surface area contributed by atoms with Crippen LogP contribution in [0.25, 0.3) is 0 Å². The van der Waals surface area contributed by atoms with E-state index in [1.165, 1.54) is 23.9 Å². The van der Waals surface area contributed by atoms with Gasteiger partial charge in [-0.25, -0.2) is 9.78 Å². The van der Waals surface area contributed by atoms with Gasteiger partial charge in [0.1, 0.15) is 12.4 Å². The molecule has 0 fully saturated rings. The first-order valence-electron chi connectivity index (χ1n) is 6.59. The molecule has 8 nitrogen and oxygen atoms in total. The summed E-state index contributed by atoms with van der Waals surface area (Å²) in [5, 5.41) is 2.73. The minimum Gasteiger partial charge on any atom is -0.355 e. The van der Waals surface area contributed by atoms with Crippen molar-refractivity contribution in [1.29, 1.82) is 0 Å². The van der Waals surface area contributed by atoms with E-state index in [9.17, 15) is 14.4 Å². The van der Waals surface area contributed by atoms with E-state index >= 15 is 0 Å². The number of hydrogen-bond acceptors (Lipinski definition) is 4. The summed E-state index contributed by atoms with van der Waals surface area (Å²) in [5.74, 6) is 0.605. The van der Waals surface area contributed by atoms with Gasteiger partial charge in [0, 0.05) is 44.7 Å². The molecule has 1 amide bonds. The zero-order valence-electron chi connectivity index (χ0n) is 11.7. The molecule has 0 atom stereocenters. The lowest BCUT2D eigenvalue weighted by atomic mass is 10.3. The molecule has 0 unspecified atom stereocenters. The van der Waals surface area contributed by atoms with Crippen LogP contribution in [0.2, 0.25) is 0 Å². The van der Waals surface area contributed by atoms with E-state index in [2.05, 4.69) is 15.3 Å². The van der Waals surface area contributed by atoms with Gasteiger partial charge in [-0.3, -0.25) is 18.7 Å². The average Bonchev–Trinajstić information content (AvgIpc) is 2.98. The summed E-state index contributed by atoms with van der Waals surface area (Å²) < 4.78 is 2.16. The van der Waals surface area contributed by atoms with Crippen LogP contribution in [-0.2, 0) is 24.8 Å². The first kappa shape index (κ1) is 14.8. The molecule has 0 bridgehead atoms. The van der Waals surface area contributed by atoms with E-state index in [4.69, 9.17) is 0 Å². The highest BCUT2D eigenvalue weighted by Gasteiger charge is 2.06. The Balaban J connectivity index is 1.81. The van der Waals surface area contributed by atoms with Crippen LogP contribution in [0.3, 0.4) is 0 Å². The predicted octanol–water partition coefficient (Wildman–Crippen LogP) is -0.981. The molecule has 0 spiro atoms. The number of aromatic amines is 1.